The maximum absolute atomic E-state index is 9.47. The molecule has 4 heteroatoms. The molecule has 1 aliphatic heterocycles. The number of β-amino-alcohol motifs (C(OH)–C–C–N with tert-alkyl or cyclic N) is 2. The number of rotatable bonds is 1. The maximum Gasteiger partial charge on any atom is 0.0990 e. The van der Waals surface area contributed by atoms with Crippen molar-refractivity contribution >= 4 is 11.4 Å². The third-order valence-electron chi connectivity index (χ3n) is 2.83. The fourth-order valence-electron chi connectivity index (χ4n) is 1.93. The van der Waals surface area contributed by atoms with E-state index >= 15 is 0 Å². The van der Waals surface area contributed by atoms with Gasteiger partial charge >= 0.3 is 0 Å². The van der Waals surface area contributed by atoms with Crippen LogP contribution >= 0.6 is 0 Å². The van der Waals surface area contributed by atoms with Crippen molar-refractivity contribution in [1.29, 1.82) is 0 Å². The number of anilines is 2. The Kier molecular flexibility index (Phi) is 2.54. The Morgan fingerprint density at radius 1 is 1.27 bits per heavy atom. The van der Waals surface area contributed by atoms with E-state index in [2.05, 4.69) is 0 Å². The highest BCUT2D eigenvalue weighted by Crippen LogP contribution is 2.26. The molecule has 0 radical (unpaired) electrons. The van der Waals surface area contributed by atoms with Crippen molar-refractivity contribution in [3.63, 3.8) is 0 Å². The predicted molar refractivity (Wildman–Crippen MR) is 59.8 cm³/mol. The molecule has 4 N–H and O–H groups in total. The molecule has 1 heterocycles. The molecule has 4 nitrogen and oxygen atoms in total. The van der Waals surface area contributed by atoms with E-state index in [4.69, 9.17) is 5.73 Å². The van der Waals surface area contributed by atoms with Crippen molar-refractivity contribution in [3.8, 4) is 0 Å². The fourth-order valence-corrected chi connectivity index (χ4v) is 1.93. The minimum atomic E-state index is -0.661. The van der Waals surface area contributed by atoms with Gasteiger partial charge in [-0.3, -0.25) is 0 Å². The summed E-state index contributed by atoms with van der Waals surface area (Å²) in [4.78, 5) is 1.96. The lowest BCUT2D eigenvalue weighted by molar-refractivity contribution is 0.0572. The summed E-state index contributed by atoms with van der Waals surface area (Å²) in [5, 5.41) is 18.9. The summed E-state index contributed by atoms with van der Waals surface area (Å²) in [6, 6.07) is 5.67. The maximum atomic E-state index is 9.47. The van der Waals surface area contributed by atoms with Gasteiger partial charge in [-0.15, -0.1) is 0 Å². The minimum absolute atomic E-state index is 0.464. The van der Waals surface area contributed by atoms with Crippen LogP contribution in [0.1, 0.15) is 5.56 Å². The zero-order valence-electron chi connectivity index (χ0n) is 8.72. The standard InChI is InChI=1S/C11H16N2O2/c1-7-2-3-8(12)4-9(7)13-5-10(14)11(15)6-13/h2-4,10-11,14-15H,5-6,12H2,1H3. The molecule has 1 saturated heterocycles. The van der Waals surface area contributed by atoms with Gasteiger partial charge in [-0.05, 0) is 24.6 Å². The van der Waals surface area contributed by atoms with Gasteiger partial charge in [-0.2, -0.15) is 0 Å². The van der Waals surface area contributed by atoms with Gasteiger partial charge in [-0.25, -0.2) is 0 Å². The Bertz CT molecular complexity index is 358. The average Bonchev–Trinajstić information content (AvgIpc) is 2.51. The summed E-state index contributed by atoms with van der Waals surface area (Å²) in [5.74, 6) is 0. The van der Waals surface area contributed by atoms with Crippen molar-refractivity contribution in [1.82, 2.24) is 0 Å². The fraction of sp³-hybridized carbons (Fsp3) is 0.455. The van der Waals surface area contributed by atoms with Crippen LogP contribution in [0, 0.1) is 6.92 Å². The van der Waals surface area contributed by atoms with Crippen LogP contribution in [0.3, 0.4) is 0 Å². The monoisotopic (exact) mass is 208 g/mol. The van der Waals surface area contributed by atoms with Gasteiger partial charge in [0.2, 0.25) is 0 Å². The second kappa shape index (κ2) is 3.72. The topological polar surface area (TPSA) is 69.7 Å². The van der Waals surface area contributed by atoms with Gasteiger partial charge in [0.15, 0.2) is 0 Å². The average molecular weight is 208 g/mol. The summed E-state index contributed by atoms with van der Waals surface area (Å²) >= 11 is 0. The Balaban J connectivity index is 2.27. The van der Waals surface area contributed by atoms with Gasteiger partial charge in [0, 0.05) is 24.5 Å². The van der Waals surface area contributed by atoms with E-state index in [-0.39, 0.29) is 0 Å². The Morgan fingerprint density at radius 2 is 1.87 bits per heavy atom. The summed E-state index contributed by atoms with van der Waals surface area (Å²) in [7, 11) is 0. The number of aryl methyl sites for hydroxylation is 1. The molecule has 0 spiro atoms. The quantitative estimate of drug-likeness (QED) is 0.573. The second-order valence-electron chi connectivity index (χ2n) is 4.09. The second-order valence-corrected chi connectivity index (χ2v) is 4.09. The van der Waals surface area contributed by atoms with Crippen molar-refractivity contribution in [2.24, 2.45) is 0 Å². The lowest BCUT2D eigenvalue weighted by Gasteiger charge is -2.20. The number of hydrogen-bond donors (Lipinski definition) is 3. The first-order chi connectivity index (χ1) is 7.08. The summed E-state index contributed by atoms with van der Waals surface area (Å²) < 4.78 is 0. The van der Waals surface area contributed by atoms with Gasteiger partial charge in [0.25, 0.3) is 0 Å². The van der Waals surface area contributed by atoms with Gasteiger partial charge in [0.05, 0.1) is 12.2 Å². The minimum Gasteiger partial charge on any atom is -0.399 e. The van der Waals surface area contributed by atoms with Crippen molar-refractivity contribution in [2.45, 2.75) is 19.1 Å². The molecule has 0 bridgehead atoms. The Hall–Kier alpha value is -1.26. The molecule has 1 fully saturated rings. The van der Waals surface area contributed by atoms with Crippen molar-refractivity contribution in [2.75, 3.05) is 23.7 Å². The van der Waals surface area contributed by atoms with Crippen LogP contribution in [0.4, 0.5) is 11.4 Å². The van der Waals surface area contributed by atoms with E-state index in [0.29, 0.717) is 18.8 Å². The normalized spacial score (nSPS) is 25.9. The van der Waals surface area contributed by atoms with Gasteiger partial charge < -0.3 is 20.8 Å². The number of hydrogen-bond acceptors (Lipinski definition) is 4. The molecule has 1 aliphatic rings. The third-order valence-corrected chi connectivity index (χ3v) is 2.83. The van der Waals surface area contributed by atoms with Gasteiger partial charge in [0.1, 0.15) is 0 Å². The summed E-state index contributed by atoms with van der Waals surface area (Å²) in [6.07, 6.45) is -1.32. The lowest BCUT2D eigenvalue weighted by atomic mass is 10.1. The third kappa shape index (κ3) is 1.91. The van der Waals surface area contributed by atoms with Crippen LogP contribution in [0.25, 0.3) is 0 Å². The first-order valence-electron chi connectivity index (χ1n) is 5.05. The number of aliphatic hydroxyl groups excluding tert-OH is 2. The first-order valence-corrected chi connectivity index (χ1v) is 5.05. The van der Waals surface area contributed by atoms with E-state index in [1.54, 1.807) is 0 Å². The smallest absolute Gasteiger partial charge is 0.0990 e. The molecule has 2 atom stereocenters. The molecule has 2 unspecified atom stereocenters. The van der Waals surface area contributed by atoms with E-state index in [1.165, 1.54) is 0 Å². The zero-order chi connectivity index (χ0) is 11.0. The van der Waals surface area contributed by atoms with Crippen molar-refractivity contribution < 1.29 is 10.2 Å². The number of nitrogen functional groups attached to an aromatic ring is 1. The molecule has 82 valence electrons. The highest BCUT2D eigenvalue weighted by atomic mass is 16.3. The molecule has 0 aromatic heterocycles. The number of aliphatic hydroxyl groups is 2. The molecular formula is C11H16N2O2. The molecule has 0 amide bonds. The lowest BCUT2D eigenvalue weighted by Crippen LogP contribution is -2.22. The zero-order valence-corrected chi connectivity index (χ0v) is 8.72. The van der Waals surface area contributed by atoms with Gasteiger partial charge in [-0.1, -0.05) is 6.07 Å². The molecule has 0 aliphatic carbocycles. The van der Waals surface area contributed by atoms with E-state index < -0.39 is 12.2 Å². The number of nitrogens with zero attached hydrogens (tertiary/aromatic N) is 1. The van der Waals surface area contributed by atoms with Crippen LogP contribution in [0.5, 0.6) is 0 Å². The molecule has 1 aromatic carbocycles. The molecule has 15 heavy (non-hydrogen) atoms. The van der Waals surface area contributed by atoms with E-state index in [0.717, 1.165) is 11.3 Å². The summed E-state index contributed by atoms with van der Waals surface area (Å²) in [5.41, 5.74) is 8.51. The van der Waals surface area contributed by atoms with Crippen LogP contribution in [0.2, 0.25) is 0 Å². The van der Waals surface area contributed by atoms with E-state index in [1.807, 2.05) is 30.0 Å². The number of benzene rings is 1. The Morgan fingerprint density at radius 3 is 2.47 bits per heavy atom. The van der Waals surface area contributed by atoms with Crippen LogP contribution < -0.4 is 10.6 Å². The van der Waals surface area contributed by atoms with E-state index in [9.17, 15) is 10.2 Å². The molecular weight excluding hydrogens is 192 g/mol. The van der Waals surface area contributed by atoms with Crippen molar-refractivity contribution in [3.05, 3.63) is 23.8 Å². The number of nitrogens with two attached hydrogens (primary N) is 1. The molecule has 2 rings (SSSR count). The highest BCUT2D eigenvalue weighted by Gasteiger charge is 2.30. The summed E-state index contributed by atoms with van der Waals surface area (Å²) in [6.45, 7) is 2.92. The largest absolute Gasteiger partial charge is 0.399 e. The predicted octanol–water partition coefficient (Wildman–Crippen LogP) is 0.119. The van der Waals surface area contributed by atoms with Crippen LogP contribution in [-0.4, -0.2) is 35.5 Å². The molecule has 0 saturated carbocycles. The first kappa shape index (κ1) is 10.3. The highest BCUT2D eigenvalue weighted by molar-refractivity contribution is 5.61. The molecule has 1 aromatic rings. The SMILES string of the molecule is Cc1ccc(N)cc1N1CC(O)C(O)C1. The van der Waals surface area contributed by atoms with Crippen LogP contribution in [-0.2, 0) is 0 Å². The van der Waals surface area contributed by atoms with Crippen LogP contribution in [0.15, 0.2) is 18.2 Å². The Labute approximate surface area is 88.9 Å².